The molecule has 1 aromatic carbocycles. The van der Waals surface area contributed by atoms with Crippen LogP contribution in [0.15, 0.2) is 36.4 Å². The molecule has 2 aromatic rings. The number of benzene rings is 1. The van der Waals surface area contributed by atoms with Crippen LogP contribution >= 0.6 is 11.3 Å². The number of amides is 1. The summed E-state index contributed by atoms with van der Waals surface area (Å²) in [7, 11) is 0. The molecule has 4 nitrogen and oxygen atoms in total. The molecule has 0 unspecified atom stereocenters. The smallest absolute Gasteiger partial charge is 0.348 e. The fourth-order valence-corrected chi connectivity index (χ4v) is 2.81. The van der Waals surface area contributed by atoms with Crippen molar-refractivity contribution in [3.05, 3.63) is 57.3 Å². The predicted octanol–water partition coefficient (Wildman–Crippen LogP) is 3.27. The van der Waals surface area contributed by atoms with Crippen molar-refractivity contribution in [3.8, 4) is 0 Å². The zero-order valence-corrected chi connectivity index (χ0v) is 14.2. The van der Waals surface area contributed by atoms with E-state index in [1.165, 1.54) is 16.9 Å². The van der Waals surface area contributed by atoms with Crippen molar-refractivity contribution < 1.29 is 14.3 Å². The number of thiophene rings is 1. The molecular weight excluding hydrogens is 310 g/mol. The number of hydrogen-bond donors (Lipinski definition) is 1. The zero-order chi connectivity index (χ0) is 16.7. The average molecular weight is 331 g/mol. The van der Waals surface area contributed by atoms with Gasteiger partial charge in [0.25, 0.3) is 0 Å². The molecule has 0 spiro atoms. The van der Waals surface area contributed by atoms with Gasteiger partial charge in [0.2, 0.25) is 5.91 Å². The summed E-state index contributed by atoms with van der Waals surface area (Å²) in [5, 5.41) is 2.76. The van der Waals surface area contributed by atoms with Gasteiger partial charge in [0, 0.05) is 11.3 Å². The third-order valence-electron chi connectivity index (χ3n) is 3.36. The summed E-state index contributed by atoms with van der Waals surface area (Å²) in [4.78, 5) is 25.1. The van der Waals surface area contributed by atoms with Crippen LogP contribution in [-0.2, 0) is 16.0 Å². The fourth-order valence-electron chi connectivity index (χ4n) is 2.05. The number of hydrogen-bond acceptors (Lipinski definition) is 4. The molecule has 0 aliphatic carbocycles. The van der Waals surface area contributed by atoms with E-state index in [-0.39, 0.29) is 18.5 Å². The highest BCUT2D eigenvalue weighted by molar-refractivity contribution is 7.13. The van der Waals surface area contributed by atoms with E-state index in [1.807, 2.05) is 44.2 Å². The monoisotopic (exact) mass is 331 g/mol. The Bertz CT molecular complexity index is 661. The maximum atomic E-state index is 11.8. The van der Waals surface area contributed by atoms with E-state index in [2.05, 4.69) is 5.32 Å². The molecule has 0 atom stereocenters. The third-order valence-corrected chi connectivity index (χ3v) is 4.34. The van der Waals surface area contributed by atoms with Crippen LogP contribution in [0, 0.1) is 13.8 Å². The molecule has 0 saturated carbocycles. The van der Waals surface area contributed by atoms with Crippen LogP contribution in [0.1, 0.15) is 32.1 Å². The SMILES string of the molecule is Cc1ccc(CCC(=O)NCCOC(=O)c2ccc(C)s2)cc1. The molecule has 122 valence electrons. The molecule has 1 amide bonds. The van der Waals surface area contributed by atoms with Crippen LogP contribution in [-0.4, -0.2) is 25.0 Å². The standard InChI is InChI=1S/C18H21NO3S/c1-13-3-6-15(7-4-13)8-10-17(20)19-11-12-22-18(21)16-9-5-14(2)23-16/h3-7,9H,8,10-12H2,1-2H3,(H,19,20). The van der Waals surface area contributed by atoms with E-state index in [4.69, 9.17) is 4.74 Å². The minimum Gasteiger partial charge on any atom is -0.460 e. The molecule has 1 heterocycles. The minimum absolute atomic E-state index is 0.0337. The van der Waals surface area contributed by atoms with Crippen LogP contribution in [0.2, 0.25) is 0 Å². The van der Waals surface area contributed by atoms with E-state index in [1.54, 1.807) is 6.07 Å². The van der Waals surface area contributed by atoms with Gasteiger partial charge in [-0.15, -0.1) is 11.3 Å². The molecule has 0 radical (unpaired) electrons. The Morgan fingerprint density at radius 1 is 1.09 bits per heavy atom. The molecule has 0 saturated heterocycles. The van der Waals surface area contributed by atoms with E-state index in [0.29, 0.717) is 24.3 Å². The maximum Gasteiger partial charge on any atom is 0.348 e. The van der Waals surface area contributed by atoms with Gasteiger partial charge in [0.1, 0.15) is 11.5 Å². The van der Waals surface area contributed by atoms with Gasteiger partial charge in [0.15, 0.2) is 0 Å². The number of aryl methyl sites for hydroxylation is 3. The maximum absolute atomic E-state index is 11.8. The lowest BCUT2D eigenvalue weighted by Crippen LogP contribution is -2.28. The Kier molecular flexibility index (Phi) is 6.35. The lowest BCUT2D eigenvalue weighted by Gasteiger charge is -2.06. The van der Waals surface area contributed by atoms with Crippen LogP contribution < -0.4 is 5.32 Å². The molecule has 2 rings (SSSR count). The van der Waals surface area contributed by atoms with Crippen molar-refractivity contribution in [2.75, 3.05) is 13.2 Å². The Morgan fingerprint density at radius 3 is 2.48 bits per heavy atom. The number of esters is 1. The average Bonchev–Trinajstić information content (AvgIpc) is 2.97. The molecule has 5 heteroatoms. The Hall–Kier alpha value is -2.14. The number of nitrogens with one attached hydrogen (secondary N) is 1. The van der Waals surface area contributed by atoms with Crippen LogP contribution in [0.4, 0.5) is 0 Å². The van der Waals surface area contributed by atoms with Crippen molar-refractivity contribution in [2.45, 2.75) is 26.7 Å². The highest BCUT2D eigenvalue weighted by Crippen LogP contribution is 2.15. The van der Waals surface area contributed by atoms with E-state index in [0.717, 1.165) is 10.4 Å². The first-order chi connectivity index (χ1) is 11.0. The van der Waals surface area contributed by atoms with Gasteiger partial charge in [-0.2, -0.15) is 0 Å². The predicted molar refractivity (Wildman–Crippen MR) is 91.8 cm³/mol. The molecule has 0 fully saturated rings. The Morgan fingerprint density at radius 2 is 1.83 bits per heavy atom. The molecule has 23 heavy (non-hydrogen) atoms. The summed E-state index contributed by atoms with van der Waals surface area (Å²) >= 11 is 1.40. The lowest BCUT2D eigenvalue weighted by molar-refractivity contribution is -0.121. The molecular formula is C18H21NO3S. The summed E-state index contributed by atoms with van der Waals surface area (Å²) in [5.74, 6) is -0.370. The summed E-state index contributed by atoms with van der Waals surface area (Å²) in [5.41, 5.74) is 2.35. The summed E-state index contributed by atoms with van der Waals surface area (Å²) in [6, 6.07) is 11.8. The first kappa shape index (κ1) is 17.2. The van der Waals surface area contributed by atoms with Crippen molar-refractivity contribution in [1.82, 2.24) is 5.32 Å². The number of carbonyl (C=O) groups excluding carboxylic acids is 2. The summed E-state index contributed by atoms with van der Waals surface area (Å²) in [6.45, 7) is 4.50. The minimum atomic E-state index is -0.336. The first-order valence-electron chi connectivity index (χ1n) is 7.60. The second-order valence-corrected chi connectivity index (χ2v) is 6.67. The molecule has 0 aliphatic rings. The Labute approximate surface area is 140 Å². The van der Waals surface area contributed by atoms with Crippen molar-refractivity contribution in [1.29, 1.82) is 0 Å². The zero-order valence-electron chi connectivity index (χ0n) is 13.4. The normalized spacial score (nSPS) is 10.3. The lowest BCUT2D eigenvalue weighted by atomic mass is 10.1. The van der Waals surface area contributed by atoms with Crippen LogP contribution in [0.5, 0.6) is 0 Å². The largest absolute Gasteiger partial charge is 0.460 e. The quantitative estimate of drug-likeness (QED) is 0.626. The van der Waals surface area contributed by atoms with Gasteiger partial charge in [-0.3, -0.25) is 4.79 Å². The third kappa shape index (κ3) is 5.87. The van der Waals surface area contributed by atoms with Gasteiger partial charge < -0.3 is 10.1 Å². The highest BCUT2D eigenvalue weighted by atomic mass is 32.1. The van der Waals surface area contributed by atoms with Crippen molar-refractivity contribution >= 4 is 23.2 Å². The highest BCUT2D eigenvalue weighted by Gasteiger charge is 2.09. The topological polar surface area (TPSA) is 55.4 Å². The second kappa shape index (κ2) is 8.48. The van der Waals surface area contributed by atoms with Gasteiger partial charge in [-0.1, -0.05) is 29.8 Å². The fraction of sp³-hybridized carbons (Fsp3) is 0.333. The summed E-state index contributed by atoms with van der Waals surface area (Å²) in [6.07, 6.45) is 1.14. The van der Waals surface area contributed by atoms with Crippen LogP contribution in [0.25, 0.3) is 0 Å². The van der Waals surface area contributed by atoms with Gasteiger partial charge in [0.05, 0.1) is 6.54 Å². The van der Waals surface area contributed by atoms with E-state index in [9.17, 15) is 9.59 Å². The van der Waals surface area contributed by atoms with E-state index < -0.39 is 0 Å². The molecule has 0 aliphatic heterocycles. The van der Waals surface area contributed by atoms with Gasteiger partial charge in [-0.25, -0.2) is 4.79 Å². The number of rotatable bonds is 7. The van der Waals surface area contributed by atoms with Crippen LogP contribution in [0.3, 0.4) is 0 Å². The summed E-state index contributed by atoms with van der Waals surface area (Å²) < 4.78 is 5.12. The van der Waals surface area contributed by atoms with Crippen molar-refractivity contribution in [3.63, 3.8) is 0 Å². The number of carbonyl (C=O) groups is 2. The molecule has 1 N–H and O–H groups in total. The van der Waals surface area contributed by atoms with Crippen molar-refractivity contribution in [2.24, 2.45) is 0 Å². The van der Waals surface area contributed by atoms with Gasteiger partial charge >= 0.3 is 5.97 Å². The second-order valence-electron chi connectivity index (χ2n) is 5.38. The Balaban J connectivity index is 1.61. The molecule has 1 aromatic heterocycles. The van der Waals surface area contributed by atoms with Gasteiger partial charge in [-0.05, 0) is 38.0 Å². The van der Waals surface area contributed by atoms with E-state index >= 15 is 0 Å². The molecule has 0 bridgehead atoms. The first-order valence-corrected chi connectivity index (χ1v) is 8.42. The number of ether oxygens (including phenoxy) is 1.